The number of aromatic nitrogens is 1. The number of carbonyl (C=O) groups excluding carboxylic acids is 1. The fourth-order valence-electron chi connectivity index (χ4n) is 2.44. The minimum absolute atomic E-state index is 0.0778. The molecule has 7 nitrogen and oxygen atoms in total. The minimum atomic E-state index is -4.45. The second kappa shape index (κ2) is 10.8. The Balaban J connectivity index is 0.000000273. The van der Waals surface area contributed by atoms with Crippen molar-refractivity contribution in [2.45, 2.75) is 33.0 Å². The van der Waals surface area contributed by atoms with E-state index in [1.807, 2.05) is 13.8 Å². The number of rotatable bonds is 5. The molecule has 0 bridgehead atoms. The third-order valence-electron chi connectivity index (χ3n) is 4.12. The third kappa shape index (κ3) is 7.79. The number of thiazole rings is 1. The predicted octanol–water partition coefficient (Wildman–Crippen LogP) is 5.51. The van der Waals surface area contributed by atoms with Crippen LogP contribution in [0.15, 0.2) is 48.7 Å². The van der Waals surface area contributed by atoms with E-state index in [-0.39, 0.29) is 22.2 Å². The molecular formula is C22H23F3N4O3S. The number of carboxylic acid groups (broad SMARTS) is 1. The van der Waals surface area contributed by atoms with E-state index >= 15 is 0 Å². The number of benzene rings is 2. The molecule has 0 aliphatic carbocycles. The molecular weight excluding hydrogens is 457 g/mol. The fourth-order valence-corrected chi connectivity index (χ4v) is 3.25. The van der Waals surface area contributed by atoms with E-state index in [0.717, 1.165) is 29.0 Å². The number of amides is 1. The van der Waals surface area contributed by atoms with Crippen LogP contribution in [0.25, 0.3) is 0 Å². The first-order valence-corrected chi connectivity index (χ1v) is 10.5. The van der Waals surface area contributed by atoms with E-state index in [9.17, 15) is 22.8 Å². The number of carboxylic acids is 1. The monoisotopic (exact) mass is 480 g/mol. The topological polar surface area (TPSA) is 117 Å². The average Bonchev–Trinajstić information content (AvgIpc) is 3.18. The fraction of sp³-hybridized carbons (Fsp3) is 0.227. The number of nitrogens with two attached hydrogens (primary N) is 1. The van der Waals surface area contributed by atoms with Gasteiger partial charge in [-0.3, -0.25) is 4.79 Å². The Bertz CT molecular complexity index is 1130. The van der Waals surface area contributed by atoms with Gasteiger partial charge in [0, 0.05) is 23.0 Å². The maximum Gasteiger partial charge on any atom is 0.416 e. The normalized spacial score (nSPS) is 10.9. The quantitative estimate of drug-likeness (QED) is 0.358. The van der Waals surface area contributed by atoms with Gasteiger partial charge < -0.3 is 21.5 Å². The summed E-state index contributed by atoms with van der Waals surface area (Å²) in [7, 11) is 0. The Hall–Kier alpha value is -3.60. The number of nitrogens with zero attached hydrogens (tertiary/aromatic N) is 1. The smallest absolute Gasteiger partial charge is 0.416 e. The van der Waals surface area contributed by atoms with Crippen molar-refractivity contribution < 1.29 is 27.9 Å². The van der Waals surface area contributed by atoms with Crippen LogP contribution in [0.4, 0.5) is 29.7 Å². The summed E-state index contributed by atoms with van der Waals surface area (Å²) in [5.41, 5.74) is 6.53. The van der Waals surface area contributed by atoms with Gasteiger partial charge in [-0.1, -0.05) is 23.5 Å². The molecule has 1 aromatic heterocycles. The molecule has 0 aliphatic heterocycles. The summed E-state index contributed by atoms with van der Waals surface area (Å²) in [6.45, 7) is 5.74. The van der Waals surface area contributed by atoms with Crippen LogP contribution < -0.4 is 16.4 Å². The molecule has 0 aliphatic rings. The van der Waals surface area contributed by atoms with Crippen molar-refractivity contribution in [1.29, 1.82) is 0 Å². The summed E-state index contributed by atoms with van der Waals surface area (Å²) in [5.74, 6) is -1.44. The van der Waals surface area contributed by atoms with Gasteiger partial charge >= 0.3 is 12.1 Å². The zero-order valence-electron chi connectivity index (χ0n) is 18.0. The Morgan fingerprint density at radius 1 is 1.15 bits per heavy atom. The van der Waals surface area contributed by atoms with Crippen LogP contribution in [-0.4, -0.2) is 28.0 Å². The third-order valence-corrected chi connectivity index (χ3v) is 5.03. The Kier molecular flexibility index (Phi) is 8.41. The second-order valence-corrected chi connectivity index (χ2v) is 8.27. The molecule has 2 aromatic carbocycles. The van der Waals surface area contributed by atoms with Crippen LogP contribution in [0.3, 0.4) is 0 Å². The highest BCUT2D eigenvalue weighted by Gasteiger charge is 2.30. The van der Waals surface area contributed by atoms with E-state index in [4.69, 9.17) is 10.8 Å². The first-order valence-electron chi connectivity index (χ1n) is 9.67. The van der Waals surface area contributed by atoms with Crippen molar-refractivity contribution >= 4 is 39.7 Å². The molecule has 0 unspecified atom stereocenters. The van der Waals surface area contributed by atoms with Crippen LogP contribution in [-0.2, 0) is 6.18 Å². The summed E-state index contributed by atoms with van der Waals surface area (Å²) >= 11 is 1.15. The Morgan fingerprint density at radius 2 is 1.85 bits per heavy atom. The highest BCUT2D eigenvalue weighted by molar-refractivity contribution is 7.17. The zero-order chi connectivity index (χ0) is 24.8. The number of anilines is 3. The van der Waals surface area contributed by atoms with Crippen LogP contribution in [0.5, 0.6) is 0 Å². The summed E-state index contributed by atoms with van der Waals surface area (Å²) in [6.07, 6.45) is -3.09. The van der Waals surface area contributed by atoms with Crippen molar-refractivity contribution in [1.82, 2.24) is 4.98 Å². The maximum absolute atomic E-state index is 12.6. The van der Waals surface area contributed by atoms with Gasteiger partial charge in [-0.2, -0.15) is 13.2 Å². The van der Waals surface area contributed by atoms with Crippen LogP contribution >= 0.6 is 11.3 Å². The molecule has 3 rings (SSSR count). The second-order valence-electron chi connectivity index (χ2n) is 7.24. The highest BCUT2D eigenvalue weighted by Crippen LogP contribution is 2.30. The molecule has 0 saturated heterocycles. The Morgan fingerprint density at radius 3 is 2.39 bits per heavy atom. The van der Waals surface area contributed by atoms with Gasteiger partial charge in [-0.25, -0.2) is 9.78 Å². The van der Waals surface area contributed by atoms with Crippen molar-refractivity contribution in [2.75, 3.05) is 16.4 Å². The van der Waals surface area contributed by atoms with Gasteiger partial charge in [0.25, 0.3) is 5.91 Å². The number of aryl methyl sites for hydroxylation is 1. The minimum Gasteiger partial charge on any atom is -0.477 e. The van der Waals surface area contributed by atoms with E-state index < -0.39 is 23.6 Å². The lowest BCUT2D eigenvalue weighted by molar-refractivity contribution is -0.137. The molecule has 5 N–H and O–H groups in total. The van der Waals surface area contributed by atoms with Crippen LogP contribution in [0, 0.1) is 6.92 Å². The van der Waals surface area contributed by atoms with Gasteiger partial charge in [0.05, 0.1) is 11.8 Å². The average molecular weight is 481 g/mol. The molecule has 0 radical (unpaired) electrons. The molecule has 33 heavy (non-hydrogen) atoms. The van der Waals surface area contributed by atoms with Gasteiger partial charge in [0.15, 0.2) is 5.13 Å². The van der Waals surface area contributed by atoms with E-state index in [1.54, 1.807) is 19.1 Å². The molecule has 11 heteroatoms. The summed E-state index contributed by atoms with van der Waals surface area (Å²) in [6, 6.07) is 9.46. The molecule has 1 amide bonds. The van der Waals surface area contributed by atoms with Gasteiger partial charge in [0.1, 0.15) is 4.88 Å². The molecule has 0 saturated carbocycles. The van der Waals surface area contributed by atoms with Crippen molar-refractivity contribution in [3.05, 3.63) is 70.2 Å². The lowest BCUT2D eigenvalue weighted by atomic mass is 10.1. The largest absolute Gasteiger partial charge is 0.477 e. The number of nitrogen functional groups attached to an aromatic ring is 1. The molecule has 176 valence electrons. The van der Waals surface area contributed by atoms with Gasteiger partial charge in [-0.05, 0) is 56.7 Å². The zero-order valence-corrected chi connectivity index (χ0v) is 18.8. The van der Waals surface area contributed by atoms with Crippen molar-refractivity contribution in [2.24, 2.45) is 0 Å². The number of hydrogen-bond acceptors (Lipinski definition) is 6. The van der Waals surface area contributed by atoms with Gasteiger partial charge in [-0.15, -0.1) is 0 Å². The van der Waals surface area contributed by atoms with Gasteiger partial charge in [0.2, 0.25) is 0 Å². The summed E-state index contributed by atoms with van der Waals surface area (Å²) in [5, 5.41) is 14.7. The highest BCUT2D eigenvalue weighted by atomic mass is 32.1. The van der Waals surface area contributed by atoms with E-state index in [0.29, 0.717) is 10.8 Å². The van der Waals surface area contributed by atoms with E-state index in [1.165, 1.54) is 24.4 Å². The molecule has 0 fully saturated rings. The SMILES string of the molecule is CC(C)Nc1ncc(C(=O)O)s1.Cc1ccc(C(=O)Nc2cccc(C(F)(F)F)c2)cc1N. The Labute approximate surface area is 192 Å². The number of aromatic carboxylic acids is 1. The maximum atomic E-state index is 12.6. The number of carbonyl (C=O) groups is 2. The molecule has 0 atom stereocenters. The van der Waals surface area contributed by atoms with E-state index in [2.05, 4.69) is 15.6 Å². The lowest BCUT2D eigenvalue weighted by Crippen LogP contribution is -2.13. The first-order chi connectivity index (χ1) is 15.4. The number of nitrogens with one attached hydrogen (secondary N) is 2. The number of hydrogen-bond donors (Lipinski definition) is 4. The first kappa shape index (κ1) is 25.7. The lowest BCUT2D eigenvalue weighted by Gasteiger charge is -2.10. The standard InChI is InChI=1S/C15H13F3N2O.C7H10N2O2S/c1-9-5-6-10(7-13(9)19)14(21)20-12-4-2-3-11(8-12)15(16,17)18;1-4(2)9-7-8-3-5(12-7)6(10)11/h2-8H,19H2,1H3,(H,20,21);3-4H,1-2H3,(H,8,9)(H,10,11). The number of alkyl halides is 3. The summed E-state index contributed by atoms with van der Waals surface area (Å²) in [4.78, 5) is 26.6. The van der Waals surface area contributed by atoms with Crippen LogP contribution in [0.2, 0.25) is 0 Å². The van der Waals surface area contributed by atoms with Crippen LogP contribution in [0.1, 0.15) is 45.0 Å². The molecule has 1 heterocycles. The number of halogens is 3. The molecule has 0 spiro atoms. The van der Waals surface area contributed by atoms with Crippen molar-refractivity contribution in [3.63, 3.8) is 0 Å². The molecule has 3 aromatic rings. The van der Waals surface area contributed by atoms with Crippen molar-refractivity contribution in [3.8, 4) is 0 Å². The predicted molar refractivity (Wildman–Crippen MR) is 123 cm³/mol. The summed E-state index contributed by atoms with van der Waals surface area (Å²) < 4.78 is 37.8.